The number of methoxy groups -OCH3 is 2. The first-order valence-corrected chi connectivity index (χ1v) is 13.0. The lowest BCUT2D eigenvalue weighted by atomic mass is 10.00. The van der Waals surface area contributed by atoms with Crippen molar-refractivity contribution in [3.8, 4) is 17.2 Å². The Labute approximate surface area is 177 Å². The van der Waals surface area contributed by atoms with E-state index < -0.39 is 25.7 Å². The van der Waals surface area contributed by atoms with Gasteiger partial charge in [0.25, 0.3) is 5.91 Å². The van der Waals surface area contributed by atoms with Crippen molar-refractivity contribution in [2.24, 2.45) is 0 Å². The van der Waals surface area contributed by atoms with Crippen LogP contribution in [-0.4, -0.2) is 59.0 Å². The number of rotatable bonds is 4. The van der Waals surface area contributed by atoms with E-state index >= 15 is 0 Å². The standard InChI is InChI=1S/C21H28N2O6Si/c1-21(2)19(25)23(10-9-22-20(26)28-4)16-13-15(18(24)27-3)14(12-17(16)29-21)8-11-30(5,6)7/h12-13H,9-10H2,1-7H3,(H,22,26). The number of carbonyl (C=O) groups excluding carboxylic acids is 3. The molecule has 1 N–H and O–H groups in total. The number of alkyl carbamates (subject to hydrolysis) is 1. The van der Waals surface area contributed by atoms with Crippen LogP contribution in [0, 0.1) is 11.5 Å². The van der Waals surface area contributed by atoms with Crippen molar-refractivity contribution in [2.75, 3.05) is 32.2 Å². The molecule has 0 fully saturated rings. The molecule has 0 saturated heterocycles. The van der Waals surface area contributed by atoms with Crippen LogP contribution in [0.3, 0.4) is 0 Å². The summed E-state index contributed by atoms with van der Waals surface area (Å²) >= 11 is 0. The first-order valence-electron chi connectivity index (χ1n) is 9.52. The Kier molecular flexibility index (Phi) is 6.83. The van der Waals surface area contributed by atoms with Gasteiger partial charge in [0.05, 0.1) is 25.5 Å². The molecule has 1 heterocycles. The number of amides is 2. The number of fused-ring (bicyclic) bond motifs is 1. The normalized spacial score (nSPS) is 14.6. The van der Waals surface area contributed by atoms with Gasteiger partial charge in [-0.3, -0.25) is 4.79 Å². The molecule has 1 aromatic rings. The fourth-order valence-corrected chi connectivity index (χ4v) is 3.32. The van der Waals surface area contributed by atoms with Gasteiger partial charge in [0.1, 0.15) is 13.8 Å². The van der Waals surface area contributed by atoms with Gasteiger partial charge in [-0.15, -0.1) is 5.54 Å². The van der Waals surface area contributed by atoms with Gasteiger partial charge in [-0.05, 0) is 26.0 Å². The molecule has 0 saturated carbocycles. The Hall–Kier alpha value is -2.99. The van der Waals surface area contributed by atoms with Crippen LogP contribution in [-0.2, 0) is 14.3 Å². The van der Waals surface area contributed by atoms with Crippen molar-refractivity contribution in [3.05, 3.63) is 23.3 Å². The molecule has 0 aliphatic carbocycles. The minimum atomic E-state index is -1.70. The molecule has 0 unspecified atom stereocenters. The number of anilines is 1. The van der Waals surface area contributed by atoms with Crippen molar-refractivity contribution < 1.29 is 28.6 Å². The lowest BCUT2D eigenvalue weighted by Gasteiger charge is -2.39. The van der Waals surface area contributed by atoms with E-state index in [0.717, 1.165) is 0 Å². The molecule has 0 aromatic heterocycles. The number of hydrogen-bond donors (Lipinski definition) is 1. The summed E-state index contributed by atoms with van der Waals surface area (Å²) in [5.74, 6) is 2.68. The van der Waals surface area contributed by atoms with E-state index in [0.29, 0.717) is 17.0 Å². The van der Waals surface area contributed by atoms with Crippen LogP contribution < -0.4 is 15.0 Å². The van der Waals surface area contributed by atoms with E-state index in [4.69, 9.17) is 9.47 Å². The van der Waals surface area contributed by atoms with E-state index in [1.54, 1.807) is 26.0 Å². The summed E-state index contributed by atoms with van der Waals surface area (Å²) in [7, 11) is 0.856. The second-order valence-corrected chi connectivity index (χ2v) is 13.1. The number of esters is 1. The Bertz CT molecular complexity index is 924. The minimum Gasteiger partial charge on any atom is -0.476 e. The lowest BCUT2D eigenvalue weighted by molar-refractivity contribution is -0.132. The van der Waals surface area contributed by atoms with E-state index in [9.17, 15) is 14.4 Å². The van der Waals surface area contributed by atoms with Gasteiger partial charge in [-0.25, -0.2) is 9.59 Å². The molecule has 30 heavy (non-hydrogen) atoms. The molecule has 9 heteroatoms. The molecule has 0 spiro atoms. The Morgan fingerprint density at radius 1 is 1.20 bits per heavy atom. The number of nitrogens with one attached hydrogen (secondary N) is 1. The second kappa shape index (κ2) is 8.79. The van der Waals surface area contributed by atoms with E-state index in [-0.39, 0.29) is 24.6 Å². The van der Waals surface area contributed by atoms with Crippen LogP contribution >= 0.6 is 0 Å². The topological polar surface area (TPSA) is 94.2 Å². The summed E-state index contributed by atoms with van der Waals surface area (Å²) in [4.78, 5) is 38.2. The monoisotopic (exact) mass is 432 g/mol. The SMILES string of the molecule is COC(=O)NCCN1C(=O)C(C)(C)Oc2cc(C#C[Si](C)(C)C)c(C(=O)OC)cc21. The maximum atomic E-state index is 13.0. The molecule has 0 atom stereocenters. The van der Waals surface area contributed by atoms with E-state index in [1.165, 1.54) is 19.1 Å². The lowest BCUT2D eigenvalue weighted by Crippen LogP contribution is -2.54. The van der Waals surface area contributed by atoms with Crippen LogP contribution in [0.2, 0.25) is 19.6 Å². The first kappa shape index (κ1) is 23.3. The fraction of sp³-hybridized carbons (Fsp3) is 0.476. The Morgan fingerprint density at radius 2 is 1.87 bits per heavy atom. The average Bonchev–Trinajstić information content (AvgIpc) is 2.67. The van der Waals surface area contributed by atoms with Gasteiger partial charge in [-0.2, -0.15) is 0 Å². The molecule has 1 aliphatic rings. The highest BCUT2D eigenvalue weighted by molar-refractivity contribution is 6.83. The zero-order valence-electron chi connectivity index (χ0n) is 18.5. The van der Waals surface area contributed by atoms with E-state index in [2.05, 4.69) is 41.2 Å². The minimum absolute atomic E-state index is 0.165. The summed E-state index contributed by atoms with van der Waals surface area (Å²) in [6, 6.07) is 3.23. The van der Waals surface area contributed by atoms with E-state index in [1.807, 2.05) is 0 Å². The largest absolute Gasteiger partial charge is 0.476 e. The van der Waals surface area contributed by atoms with Gasteiger partial charge in [0.2, 0.25) is 0 Å². The molecule has 1 aromatic carbocycles. The summed E-state index contributed by atoms with van der Waals surface area (Å²) in [5, 5.41) is 2.55. The predicted octanol–water partition coefficient (Wildman–Crippen LogP) is 2.56. The highest BCUT2D eigenvalue weighted by Crippen LogP contribution is 2.39. The van der Waals surface area contributed by atoms with Gasteiger partial charge < -0.3 is 24.4 Å². The van der Waals surface area contributed by atoms with Gasteiger partial charge in [0, 0.05) is 18.7 Å². The van der Waals surface area contributed by atoms with Crippen molar-refractivity contribution in [1.82, 2.24) is 5.32 Å². The summed E-state index contributed by atoms with van der Waals surface area (Å²) in [5.41, 5.74) is 3.29. The summed E-state index contributed by atoms with van der Waals surface area (Å²) in [6.07, 6.45) is -0.595. The smallest absolute Gasteiger partial charge is 0.406 e. The summed E-state index contributed by atoms with van der Waals surface area (Å²) < 4.78 is 15.4. The number of nitrogens with zero attached hydrogens (tertiary/aromatic N) is 1. The van der Waals surface area contributed by atoms with Gasteiger partial charge >= 0.3 is 12.1 Å². The van der Waals surface area contributed by atoms with Gasteiger partial charge in [-0.1, -0.05) is 25.6 Å². The fourth-order valence-electron chi connectivity index (χ4n) is 2.82. The first-order chi connectivity index (χ1) is 13.9. The van der Waals surface area contributed by atoms with Crippen LogP contribution in [0.25, 0.3) is 0 Å². The number of carbonyl (C=O) groups is 3. The molecule has 2 rings (SSSR count). The van der Waals surface area contributed by atoms with Crippen LogP contribution in [0.15, 0.2) is 12.1 Å². The third-order valence-electron chi connectivity index (χ3n) is 4.28. The molecular formula is C21H28N2O6Si. The zero-order valence-corrected chi connectivity index (χ0v) is 19.5. The van der Waals surface area contributed by atoms with Crippen LogP contribution in [0.1, 0.15) is 29.8 Å². The highest BCUT2D eigenvalue weighted by atomic mass is 28.3. The molecule has 162 valence electrons. The maximum absolute atomic E-state index is 13.0. The molecule has 8 nitrogen and oxygen atoms in total. The quantitative estimate of drug-likeness (QED) is 0.446. The number of benzene rings is 1. The Morgan fingerprint density at radius 3 is 2.43 bits per heavy atom. The predicted molar refractivity (Wildman–Crippen MR) is 115 cm³/mol. The van der Waals surface area contributed by atoms with Crippen molar-refractivity contribution in [1.29, 1.82) is 0 Å². The Balaban J connectivity index is 2.55. The van der Waals surface area contributed by atoms with Crippen LogP contribution in [0.5, 0.6) is 5.75 Å². The third-order valence-corrected chi connectivity index (χ3v) is 5.16. The maximum Gasteiger partial charge on any atom is 0.406 e. The van der Waals surface area contributed by atoms with Crippen molar-refractivity contribution >= 4 is 31.7 Å². The zero-order chi connectivity index (χ0) is 22.7. The van der Waals surface area contributed by atoms with Crippen LogP contribution in [0.4, 0.5) is 10.5 Å². The number of hydrogen-bond acceptors (Lipinski definition) is 6. The third kappa shape index (κ3) is 5.33. The second-order valence-electron chi connectivity index (χ2n) is 8.34. The van der Waals surface area contributed by atoms with Crippen molar-refractivity contribution in [2.45, 2.75) is 39.1 Å². The van der Waals surface area contributed by atoms with Gasteiger partial charge in [0.15, 0.2) is 5.60 Å². The molecular weight excluding hydrogens is 404 g/mol. The average molecular weight is 433 g/mol. The molecule has 0 bridgehead atoms. The summed E-state index contributed by atoms with van der Waals surface area (Å²) in [6.45, 7) is 9.98. The molecule has 1 aliphatic heterocycles. The van der Waals surface area contributed by atoms with Crippen molar-refractivity contribution in [3.63, 3.8) is 0 Å². The highest BCUT2D eigenvalue weighted by Gasteiger charge is 2.41. The number of ether oxygens (including phenoxy) is 3. The molecule has 2 amide bonds. The molecule has 0 radical (unpaired) electrons.